The van der Waals surface area contributed by atoms with E-state index in [1.807, 2.05) is 6.92 Å². The first-order chi connectivity index (χ1) is 10.2. The van der Waals surface area contributed by atoms with Gasteiger partial charge in [-0.2, -0.15) is 0 Å². The number of aliphatic imine (C=N–C) groups is 1. The van der Waals surface area contributed by atoms with E-state index in [0.717, 1.165) is 19.0 Å². The molecular weight excluding hydrogens is 403 g/mol. The summed E-state index contributed by atoms with van der Waals surface area (Å²) in [5.74, 6) is -0.402. The molecule has 0 fully saturated rings. The van der Waals surface area contributed by atoms with Gasteiger partial charge in [0.05, 0.1) is 0 Å². The fourth-order valence-electron chi connectivity index (χ4n) is 1.82. The van der Waals surface area contributed by atoms with Crippen LogP contribution in [0.4, 0.5) is 8.78 Å². The first-order valence-electron chi connectivity index (χ1n) is 7.11. The number of hydrogen-bond donors (Lipinski definition) is 2. The maximum atomic E-state index is 13.1. The largest absolute Gasteiger partial charge is 0.385 e. The average molecular weight is 427 g/mol. The zero-order chi connectivity index (χ0) is 15.5. The lowest BCUT2D eigenvalue weighted by molar-refractivity contribution is 0.197. The van der Waals surface area contributed by atoms with E-state index in [1.54, 1.807) is 7.11 Å². The molecule has 1 aromatic rings. The summed E-state index contributed by atoms with van der Waals surface area (Å²) in [5, 5.41) is 6.26. The van der Waals surface area contributed by atoms with E-state index in [-0.39, 0.29) is 24.0 Å². The molecule has 0 aromatic heterocycles. The molecule has 0 aliphatic rings. The van der Waals surface area contributed by atoms with Crippen molar-refractivity contribution < 1.29 is 13.5 Å². The Morgan fingerprint density at radius 2 is 1.86 bits per heavy atom. The van der Waals surface area contributed by atoms with Crippen LogP contribution in [0.15, 0.2) is 23.2 Å². The molecule has 4 nitrogen and oxygen atoms in total. The third kappa shape index (κ3) is 9.14. The summed E-state index contributed by atoms with van der Waals surface area (Å²) in [6.45, 7) is 4.63. The van der Waals surface area contributed by atoms with Gasteiger partial charge in [-0.05, 0) is 37.5 Å². The lowest BCUT2D eigenvalue weighted by atomic mass is 10.1. The van der Waals surface area contributed by atoms with Gasteiger partial charge in [-0.3, -0.25) is 4.99 Å². The second-order valence-electron chi connectivity index (χ2n) is 4.56. The molecule has 0 heterocycles. The lowest BCUT2D eigenvalue weighted by Gasteiger charge is -2.11. The predicted octanol–water partition coefficient (Wildman–Crippen LogP) is 2.72. The van der Waals surface area contributed by atoms with Crippen LogP contribution < -0.4 is 10.6 Å². The number of benzene rings is 1. The molecular formula is C15H24F2IN3O. The molecule has 0 bridgehead atoms. The van der Waals surface area contributed by atoms with Gasteiger partial charge in [0.25, 0.3) is 0 Å². The average Bonchev–Trinajstić information content (AvgIpc) is 2.42. The molecule has 1 rings (SSSR count). The monoisotopic (exact) mass is 427 g/mol. The van der Waals surface area contributed by atoms with Gasteiger partial charge < -0.3 is 15.4 Å². The Morgan fingerprint density at radius 3 is 2.45 bits per heavy atom. The van der Waals surface area contributed by atoms with Crippen LogP contribution in [0.25, 0.3) is 0 Å². The van der Waals surface area contributed by atoms with Crippen molar-refractivity contribution in [2.45, 2.75) is 19.8 Å². The Bertz CT molecular complexity index is 438. The molecule has 22 heavy (non-hydrogen) atoms. The summed E-state index contributed by atoms with van der Waals surface area (Å²) in [7, 11) is 1.66. The third-order valence-electron chi connectivity index (χ3n) is 2.75. The maximum absolute atomic E-state index is 13.1. The SMILES string of the molecule is CCNC(=NCCCOC)NCCc1cc(F)cc(F)c1.I. The van der Waals surface area contributed by atoms with Gasteiger partial charge in [0.15, 0.2) is 5.96 Å². The Morgan fingerprint density at radius 1 is 1.18 bits per heavy atom. The minimum atomic E-state index is -0.551. The summed E-state index contributed by atoms with van der Waals surface area (Å²) in [6.07, 6.45) is 1.37. The fraction of sp³-hybridized carbons (Fsp3) is 0.533. The number of nitrogens with one attached hydrogen (secondary N) is 2. The molecule has 2 N–H and O–H groups in total. The minimum Gasteiger partial charge on any atom is -0.385 e. The number of rotatable bonds is 8. The Kier molecular flexibility index (Phi) is 12.0. The summed E-state index contributed by atoms with van der Waals surface area (Å²) in [6, 6.07) is 3.55. The Hall–Kier alpha value is -0.960. The van der Waals surface area contributed by atoms with E-state index >= 15 is 0 Å². The number of halogens is 3. The first-order valence-corrected chi connectivity index (χ1v) is 7.11. The van der Waals surface area contributed by atoms with Gasteiger partial charge in [-0.1, -0.05) is 0 Å². The quantitative estimate of drug-likeness (QED) is 0.290. The summed E-state index contributed by atoms with van der Waals surface area (Å²) >= 11 is 0. The van der Waals surface area contributed by atoms with Crippen molar-refractivity contribution in [1.29, 1.82) is 0 Å². The molecule has 0 radical (unpaired) electrons. The van der Waals surface area contributed by atoms with E-state index in [0.29, 0.717) is 37.6 Å². The number of guanidine groups is 1. The highest BCUT2D eigenvalue weighted by atomic mass is 127. The smallest absolute Gasteiger partial charge is 0.191 e. The molecule has 0 amide bonds. The van der Waals surface area contributed by atoms with Crippen molar-refractivity contribution in [3.05, 3.63) is 35.4 Å². The van der Waals surface area contributed by atoms with E-state index < -0.39 is 11.6 Å². The fourth-order valence-corrected chi connectivity index (χ4v) is 1.82. The van der Waals surface area contributed by atoms with Crippen molar-refractivity contribution in [2.24, 2.45) is 4.99 Å². The molecule has 0 aliphatic heterocycles. The molecule has 0 atom stereocenters. The molecule has 0 unspecified atom stereocenters. The zero-order valence-corrected chi connectivity index (χ0v) is 15.3. The van der Waals surface area contributed by atoms with E-state index in [1.165, 1.54) is 12.1 Å². The highest BCUT2D eigenvalue weighted by Gasteiger charge is 2.02. The van der Waals surface area contributed by atoms with Crippen LogP contribution in [0.1, 0.15) is 18.9 Å². The van der Waals surface area contributed by atoms with Crippen LogP contribution >= 0.6 is 24.0 Å². The molecule has 7 heteroatoms. The van der Waals surface area contributed by atoms with Crippen LogP contribution in [0.5, 0.6) is 0 Å². The summed E-state index contributed by atoms with van der Waals surface area (Å²) < 4.78 is 31.1. The maximum Gasteiger partial charge on any atom is 0.191 e. The van der Waals surface area contributed by atoms with Gasteiger partial charge in [-0.25, -0.2) is 8.78 Å². The predicted molar refractivity (Wildman–Crippen MR) is 96.0 cm³/mol. The van der Waals surface area contributed by atoms with Crippen molar-refractivity contribution in [3.8, 4) is 0 Å². The minimum absolute atomic E-state index is 0. The van der Waals surface area contributed by atoms with Crippen LogP contribution in [-0.4, -0.2) is 39.3 Å². The first kappa shape index (κ1) is 21.0. The van der Waals surface area contributed by atoms with Gasteiger partial charge in [-0.15, -0.1) is 24.0 Å². The van der Waals surface area contributed by atoms with Crippen molar-refractivity contribution in [2.75, 3.05) is 33.4 Å². The Balaban J connectivity index is 0.00000441. The van der Waals surface area contributed by atoms with Crippen LogP contribution in [0, 0.1) is 11.6 Å². The topological polar surface area (TPSA) is 45.7 Å². The number of hydrogen-bond acceptors (Lipinski definition) is 2. The molecule has 0 saturated carbocycles. The second kappa shape index (κ2) is 12.6. The Labute approximate surface area is 147 Å². The van der Waals surface area contributed by atoms with Gasteiger partial charge in [0.2, 0.25) is 0 Å². The lowest BCUT2D eigenvalue weighted by Crippen LogP contribution is -2.38. The molecule has 0 saturated heterocycles. The van der Waals surface area contributed by atoms with Gasteiger partial charge >= 0.3 is 0 Å². The van der Waals surface area contributed by atoms with Gasteiger partial charge in [0.1, 0.15) is 11.6 Å². The van der Waals surface area contributed by atoms with Gasteiger partial charge in [0, 0.05) is 39.4 Å². The van der Waals surface area contributed by atoms with Crippen LogP contribution in [0.2, 0.25) is 0 Å². The highest BCUT2D eigenvalue weighted by molar-refractivity contribution is 14.0. The number of methoxy groups -OCH3 is 1. The molecule has 126 valence electrons. The summed E-state index contributed by atoms with van der Waals surface area (Å²) in [5.41, 5.74) is 0.621. The second-order valence-corrected chi connectivity index (χ2v) is 4.56. The standard InChI is InChI=1S/C15H23F2N3O.HI/c1-3-18-15(19-6-4-8-21-2)20-7-5-12-9-13(16)11-14(17)10-12;/h9-11H,3-8H2,1-2H3,(H2,18,19,20);1H. The molecule has 0 aliphatic carbocycles. The van der Waals surface area contributed by atoms with Crippen molar-refractivity contribution >= 4 is 29.9 Å². The van der Waals surface area contributed by atoms with Crippen molar-refractivity contribution in [3.63, 3.8) is 0 Å². The number of nitrogens with zero attached hydrogens (tertiary/aromatic N) is 1. The zero-order valence-electron chi connectivity index (χ0n) is 13.0. The van der Waals surface area contributed by atoms with E-state index in [4.69, 9.17) is 4.74 Å². The summed E-state index contributed by atoms with van der Waals surface area (Å²) in [4.78, 5) is 4.38. The van der Waals surface area contributed by atoms with Crippen LogP contribution in [-0.2, 0) is 11.2 Å². The van der Waals surface area contributed by atoms with E-state index in [2.05, 4.69) is 15.6 Å². The number of ether oxygens (including phenoxy) is 1. The normalized spacial score (nSPS) is 11.0. The molecule has 0 spiro atoms. The third-order valence-corrected chi connectivity index (χ3v) is 2.75. The molecule has 1 aromatic carbocycles. The van der Waals surface area contributed by atoms with Crippen molar-refractivity contribution in [1.82, 2.24) is 10.6 Å². The highest BCUT2D eigenvalue weighted by Crippen LogP contribution is 2.07. The van der Waals surface area contributed by atoms with Crippen LogP contribution in [0.3, 0.4) is 0 Å². The van der Waals surface area contributed by atoms with E-state index in [9.17, 15) is 8.78 Å².